The molecule has 1 unspecified atom stereocenters. The lowest BCUT2D eigenvalue weighted by atomic mass is 9.79. The maximum Gasteiger partial charge on any atom is 0.137 e. The molecule has 3 rings (SSSR count). The number of rotatable bonds is 6. The molecule has 0 amide bonds. The topological polar surface area (TPSA) is 32.7 Å². The van der Waals surface area contributed by atoms with Crippen molar-refractivity contribution in [3.63, 3.8) is 0 Å². The predicted octanol–water partition coefficient (Wildman–Crippen LogP) is 3.39. The summed E-state index contributed by atoms with van der Waals surface area (Å²) in [6.07, 6.45) is 0.347. The van der Waals surface area contributed by atoms with E-state index < -0.39 is 6.23 Å². The third-order valence-electron chi connectivity index (χ3n) is 5.49. The van der Waals surface area contributed by atoms with Crippen LogP contribution < -0.4 is 9.64 Å². The molecule has 0 saturated carbocycles. The number of nitrogens with zero attached hydrogens (tertiary/aromatic N) is 2. The third-order valence-corrected chi connectivity index (χ3v) is 5.49. The fraction of sp³-hybridized carbons (Fsp3) is 0.455. The molecule has 1 N–H and O–H groups in total. The molecule has 1 aliphatic heterocycles. The maximum absolute atomic E-state index is 11.3. The van der Waals surface area contributed by atoms with Crippen molar-refractivity contribution in [3.8, 4) is 5.75 Å². The Balaban J connectivity index is 1.99. The van der Waals surface area contributed by atoms with E-state index in [1.807, 2.05) is 24.3 Å². The van der Waals surface area contributed by atoms with E-state index in [-0.39, 0.29) is 5.41 Å². The Morgan fingerprint density at radius 1 is 1.12 bits per heavy atom. The van der Waals surface area contributed by atoms with Gasteiger partial charge in [-0.2, -0.15) is 0 Å². The average Bonchev–Trinajstić information content (AvgIpc) is 2.82. The summed E-state index contributed by atoms with van der Waals surface area (Å²) in [4.78, 5) is 2.12. The van der Waals surface area contributed by atoms with E-state index in [4.69, 9.17) is 4.74 Å². The van der Waals surface area contributed by atoms with Crippen LogP contribution in [0.5, 0.6) is 5.75 Å². The van der Waals surface area contributed by atoms with Crippen molar-refractivity contribution in [1.82, 2.24) is 0 Å². The van der Waals surface area contributed by atoms with Crippen molar-refractivity contribution in [1.29, 1.82) is 0 Å². The van der Waals surface area contributed by atoms with E-state index >= 15 is 0 Å². The summed E-state index contributed by atoms with van der Waals surface area (Å²) in [5, 5.41) is 11.3. The summed E-state index contributed by atoms with van der Waals surface area (Å²) >= 11 is 0. The van der Waals surface area contributed by atoms with Crippen LogP contribution in [0, 0.1) is 0 Å². The van der Waals surface area contributed by atoms with Gasteiger partial charge in [0.2, 0.25) is 0 Å². The van der Waals surface area contributed by atoms with Crippen molar-refractivity contribution in [2.45, 2.75) is 31.5 Å². The Kier molecular flexibility index (Phi) is 5.00. The molecular formula is C22H31N2O2+. The van der Waals surface area contributed by atoms with Crippen LogP contribution in [-0.4, -0.2) is 50.6 Å². The summed E-state index contributed by atoms with van der Waals surface area (Å²) in [6, 6.07) is 16.5. The summed E-state index contributed by atoms with van der Waals surface area (Å²) in [5.74, 6) is 0.842. The van der Waals surface area contributed by atoms with Gasteiger partial charge in [0, 0.05) is 24.1 Å². The first-order valence-corrected chi connectivity index (χ1v) is 9.22. The van der Waals surface area contributed by atoms with E-state index in [1.165, 1.54) is 11.1 Å². The van der Waals surface area contributed by atoms with E-state index in [9.17, 15) is 5.11 Å². The van der Waals surface area contributed by atoms with Crippen LogP contribution in [0.2, 0.25) is 0 Å². The molecule has 0 bridgehead atoms. The molecule has 2 aromatic rings. The first-order valence-electron chi connectivity index (χ1n) is 9.22. The number of methoxy groups -OCH3 is 1. The number of quaternary nitrogens is 1. The van der Waals surface area contributed by atoms with E-state index in [1.54, 1.807) is 7.11 Å². The Labute approximate surface area is 157 Å². The Hall–Kier alpha value is -2.04. The molecule has 0 spiro atoms. The minimum absolute atomic E-state index is 0.329. The van der Waals surface area contributed by atoms with Crippen LogP contribution in [0.25, 0.3) is 0 Å². The molecular weight excluding hydrogens is 324 g/mol. The fourth-order valence-electron chi connectivity index (χ4n) is 3.75. The lowest BCUT2D eigenvalue weighted by Crippen LogP contribution is -2.46. The van der Waals surface area contributed by atoms with Crippen LogP contribution in [0.3, 0.4) is 0 Å². The molecule has 0 fully saturated rings. The summed E-state index contributed by atoms with van der Waals surface area (Å²) in [7, 11) is 8.27. The molecule has 0 aliphatic carbocycles. The largest absolute Gasteiger partial charge is 0.497 e. The molecule has 2 atom stereocenters. The van der Waals surface area contributed by atoms with Crippen LogP contribution in [-0.2, 0) is 12.0 Å². The smallest absolute Gasteiger partial charge is 0.137 e. The second kappa shape index (κ2) is 6.93. The van der Waals surface area contributed by atoms with Gasteiger partial charge in [-0.25, -0.2) is 0 Å². The van der Waals surface area contributed by atoms with Gasteiger partial charge in [-0.15, -0.1) is 0 Å². The Morgan fingerprint density at radius 2 is 1.81 bits per heavy atom. The highest BCUT2D eigenvalue weighted by Crippen LogP contribution is 2.48. The Morgan fingerprint density at radius 3 is 2.42 bits per heavy atom. The van der Waals surface area contributed by atoms with Gasteiger partial charge in [0.05, 0.1) is 34.8 Å². The van der Waals surface area contributed by atoms with Crippen LogP contribution in [0.1, 0.15) is 24.5 Å². The number of aliphatic hydroxyl groups is 1. The quantitative estimate of drug-likeness (QED) is 0.806. The normalized spacial score (nSPS) is 22.4. The summed E-state index contributed by atoms with van der Waals surface area (Å²) in [6.45, 7) is 3.86. The molecule has 0 aromatic heterocycles. The molecule has 0 radical (unpaired) electrons. The number of hydrogen-bond donors (Lipinski definition) is 1. The minimum Gasteiger partial charge on any atom is -0.497 e. The lowest BCUT2D eigenvalue weighted by molar-refractivity contribution is -0.871. The molecule has 26 heavy (non-hydrogen) atoms. The van der Waals surface area contributed by atoms with E-state index in [2.05, 4.69) is 57.2 Å². The third kappa shape index (κ3) is 3.57. The summed E-state index contributed by atoms with van der Waals surface area (Å²) < 4.78 is 6.34. The zero-order valence-electron chi connectivity index (χ0n) is 16.6. The molecule has 0 saturated heterocycles. The average molecular weight is 356 g/mol. The van der Waals surface area contributed by atoms with Crippen molar-refractivity contribution >= 4 is 5.69 Å². The van der Waals surface area contributed by atoms with Crippen molar-refractivity contribution in [2.24, 2.45) is 0 Å². The highest BCUT2D eigenvalue weighted by Gasteiger charge is 2.47. The number of anilines is 1. The molecule has 1 aliphatic rings. The van der Waals surface area contributed by atoms with Crippen LogP contribution in [0.15, 0.2) is 48.5 Å². The van der Waals surface area contributed by atoms with Crippen molar-refractivity contribution < 1.29 is 14.3 Å². The second-order valence-corrected chi connectivity index (χ2v) is 8.55. The molecule has 2 aromatic carbocycles. The molecule has 140 valence electrons. The van der Waals surface area contributed by atoms with E-state index in [0.717, 1.165) is 28.9 Å². The van der Waals surface area contributed by atoms with Gasteiger partial charge in [0.1, 0.15) is 12.0 Å². The molecule has 1 heterocycles. The zero-order chi connectivity index (χ0) is 18.9. The molecule has 4 nitrogen and oxygen atoms in total. The monoisotopic (exact) mass is 355 g/mol. The predicted molar refractivity (Wildman–Crippen MR) is 106 cm³/mol. The number of benzene rings is 2. The maximum atomic E-state index is 11.3. The number of fused-ring (bicyclic) bond motifs is 1. The number of ether oxygens (including phenoxy) is 1. The van der Waals surface area contributed by atoms with E-state index in [0.29, 0.717) is 6.54 Å². The highest BCUT2D eigenvalue weighted by molar-refractivity contribution is 5.65. The van der Waals surface area contributed by atoms with Gasteiger partial charge in [0.25, 0.3) is 0 Å². The highest BCUT2D eigenvalue weighted by atomic mass is 16.5. The SMILES string of the molecule is COc1ccc2c(c1)[C@](C)(CC[N+](C)(C)C)C(O)N2Cc1ccccc1. The lowest BCUT2D eigenvalue weighted by Gasteiger charge is -2.35. The number of hydrogen-bond acceptors (Lipinski definition) is 3. The van der Waals surface area contributed by atoms with Gasteiger partial charge in [-0.3, -0.25) is 0 Å². The van der Waals surface area contributed by atoms with Gasteiger partial charge in [-0.1, -0.05) is 37.3 Å². The summed E-state index contributed by atoms with van der Waals surface area (Å²) in [5.41, 5.74) is 3.15. The van der Waals surface area contributed by atoms with Gasteiger partial charge >= 0.3 is 0 Å². The van der Waals surface area contributed by atoms with Gasteiger partial charge in [0.15, 0.2) is 0 Å². The zero-order valence-corrected chi connectivity index (χ0v) is 16.6. The van der Waals surface area contributed by atoms with Crippen molar-refractivity contribution in [3.05, 3.63) is 59.7 Å². The number of aliphatic hydroxyl groups excluding tert-OH is 1. The first kappa shape index (κ1) is 18.7. The van der Waals surface area contributed by atoms with Gasteiger partial charge < -0.3 is 19.2 Å². The standard InChI is InChI=1S/C22H31N2O2/c1-22(13-14-24(2,3)4)19-15-18(26-5)11-12-20(19)23(21(22)25)16-17-9-7-6-8-10-17/h6-12,15,21,25H,13-14,16H2,1-5H3/q+1/t21?,22-/m0/s1. The van der Waals surface area contributed by atoms with Crippen molar-refractivity contribution in [2.75, 3.05) is 39.7 Å². The first-order chi connectivity index (χ1) is 12.2. The Bertz CT molecular complexity index is 754. The molecule has 4 heteroatoms. The van der Waals surface area contributed by atoms with Crippen LogP contribution >= 0.6 is 0 Å². The fourth-order valence-corrected chi connectivity index (χ4v) is 3.75. The second-order valence-electron chi connectivity index (χ2n) is 8.55. The van der Waals surface area contributed by atoms with Gasteiger partial charge in [-0.05, 0) is 29.3 Å². The van der Waals surface area contributed by atoms with Crippen LogP contribution in [0.4, 0.5) is 5.69 Å². The minimum atomic E-state index is -0.559.